The zero-order chi connectivity index (χ0) is 18.2. The molecule has 0 spiro atoms. The first-order chi connectivity index (χ1) is 12.1. The minimum Gasteiger partial charge on any atom is -0.497 e. The third kappa shape index (κ3) is 4.91. The molecule has 0 fully saturated rings. The van der Waals surface area contributed by atoms with Crippen molar-refractivity contribution < 1.29 is 23.7 Å². The molecular weight excluding hydrogens is 322 g/mol. The van der Waals surface area contributed by atoms with Crippen molar-refractivity contribution in [3.63, 3.8) is 0 Å². The summed E-state index contributed by atoms with van der Waals surface area (Å²) < 4.78 is 20.8. The number of ether oxygens (including phenoxy) is 4. The maximum atomic E-state index is 12.1. The second-order valence-corrected chi connectivity index (χ2v) is 5.04. The molecule has 0 atom stereocenters. The first kappa shape index (κ1) is 18.2. The van der Waals surface area contributed by atoms with Crippen LogP contribution in [0.4, 0.5) is 5.69 Å². The molecule has 2 aromatic rings. The molecule has 1 amide bonds. The molecule has 0 unspecified atom stereocenters. The van der Waals surface area contributed by atoms with E-state index < -0.39 is 0 Å². The Morgan fingerprint density at radius 1 is 0.840 bits per heavy atom. The SMILES string of the molecule is COc1cc(NC(=O)C=Cc2ccc(OC)c(OC)c2)cc(OC)c1. The molecule has 6 heteroatoms. The Labute approximate surface area is 147 Å². The van der Waals surface area contributed by atoms with Crippen LogP contribution in [-0.2, 0) is 4.79 Å². The molecular formula is C19H21NO5. The van der Waals surface area contributed by atoms with Crippen LogP contribution in [0.2, 0.25) is 0 Å². The van der Waals surface area contributed by atoms with Crippen molar-refractivity contribution in [2.45, 2.75) is 0 Å². The van der Waals surface area contributed by atoms with Crippen molar-refractivity contribution >= 4 is 17.7 Å². The van der Waals surface area contributed by atoms with Crippen LogP contribution in [0.5, 0.6) is 23.0 Å². The van der Waals surface area contributed by atoms with Crippen LogP contribution in [0.3, 0.4) is 0 Å². The molecule has 0 heterocycles. The van der Waals surface area contributed by atoms with E-state index in [0.29, 0.717) is 28.7 Å². The van der Waals surface area contributed by atoms with Gasteiger partial charge in [-0.1, -0.05) is 6.07 Å². The van der Waals surface area contributed by atoms with E-state index in [1.54, 1.807) is 64.8 Å². The van der Waals surface area contributed by atoms with Crippen molar-refractivity contribution in [2.75, 3.05) is 33.8 Å². The predicted octanol–water partition coefficient (Wildman–Crippen LogP) is 3.37. The molecule has 1 N–H and O–H groups in total. The first-order valence-electron chi connectivity index (χ1n) is 7.53. The van der Waals surface area contributed by atoms with E-state index in [2.05, 4.69) is 5.32 Å². The molecule has 0 aromatic heterocycles. The Morgan fingerprint density at radius 3 is 2.04 bits per heavy atom. The van der Waals surface area contributed by atoms with Gasteiger partial charge in [-0.25, -0.2) is 0 Å². The van der Waals surface area contributed by atoms with E-state index in [0.717, 1.165) is 5.56 Å². The van der Waals surface area contributed by atoms with Gasteiger partial charge in [-0.15, -0.1) is 0 Å². The monoisotopic (exact) mass is 343 g/mol. The highest BCUT2D eigenvalue weighted by Gasteiger charge is 2.05. The third-order valence-electron chi connectivity index (χ3n) is 3.45. The number of benzene rings is 2. The number of rotatable bonds is 7. The van der Waals surface area contributed by atoms with E-state index in [4.69, 9.17) is 18.9 Å². The number of hydrogen-bond acceptors (Lipinski definition) is 5. The topological polar surface area (TPSA) is 66.0 Å². The van der Waals surface area contributed by atoms with Gasteiger partial charge in [-0.3, -0.25) is 4.79 Å². The van der Waals surface area contributed by atoms with Gasteiger partial charge in [0.15, 0.2) is 11.5 Å². The maximum Gasteiger partial charge on any atom is 0.248 e. The van der Waals surface area contributed by atoms with Crippen LogP contribution < -0.4 is 24.3 Å². The van der Waals surface area contributed by atoms with Gasteiger partial charge >= 0.3 is 0 Å². The fourth-order valence-electron chi connectivity index (χ4n) is 2.19. The van der Waals surface area contributed by atoms with Crippen molar-refractivity contribution in [1.29, 1.82) is 0 Å². The second kappa shape index (κ2) is 8.63. The quantitative estimate of drug-likeness (QED) is 0.781. The fourth-order valence-corrected chi connectivity index (χ4v) is 2.19. The van der Waals surface area contributed by atoms with Crippen LogP contribution in [-0.4, -0.2) is 34.3 Å². The number of carbonyl (C=O) groups is 1. The summed E-state index contributed by atoms with van der Waals surface area (Å²) in [6, 6.07) is 10.6. The Morgan fingerprint density at radius 2 is 1.48 bits per heavy atom. The van der Waals surface area contributed by atoms with Crippen molar-refractivity contribution in [2.24, 2.45) is 0 Å². The lowest BCUT2D eigenvalue weighted by Crippen LogP contribution is -2.08. The van der Waals surface area contributed by atoms with Gasteiger partial charge < -0.3 is 24.3 Å². The molecule has 2 aromatic carbocycles. The highest BCUT2D eigenvalue weighted by molar-refractivity contribution is 6.02. The fraction of sp³-hybridized carbons (Fsp3) is 0.211. The normalized spacial score (nSPS) is 10.4. The van der Waals surface area contributed by atoms with Gasteiger partial charge in [0.2, 0.25) is 5.91 Å². The largest absolute Gasteiger partial charge is 0.497 e. The van der Waals surface area contributed by atoms with Crippen molar-refractivity contribution in [3.05, 3.63) is 48.0 Å². The molecule has 0 aliphatic heterocycles. The Balaban J connectivity index is 2.11. The van der Waals surface area contributed by atoms with Crippen LogP contribution in [0.25, 0.3) is 6.08 Å². The lowest BCUT2D eigenvalue weighted by atomic mass is 10.2. The standard InChI is InChI=1S/C19H21NO5/c1-22-15-10-14(11-16(12-15)23-2)20-19(21)8-6-13-5-7-17(24-3)18(9-13)25-4/h5-12H,1-4H3,(H,20,21). The number of anilines is 1. The van der Waals surface area contributed by atoms with Gasteiger partial charge in [0, 0.05) is 30.0 Å². The summed E-state index contributed by atoms with van der Waals surface area (Å²) in [5, 5.41) is 2.77. The van der Waals surface area contributed by atoms with E-state index in [-0.39, 0.29) is 5.91 Å². The molecule has 0 aliphatic rings. The predicted molar refractivity (Wildman–Crippen MR) is 96.8 cm³/mol. The average Bonchev–Trinajstić information content (AvgIpc) is 2.65. The zero-order valence-corrected chi connectivity index (χ0v) is 14.7. The van der Waals surface area contributed by atoms with Gasteiger partial charge in [0.25, 0.3) is 0 Å². The summed E-state index contributed by atoms with van der Waals surface area (Å²) in [5.41, 5.74) is 1.40. The van der Waals surface area contributed by atoms with Crippen molar-refractivity contribution in [3.8, 4) is 23.0 Å². The minimum absolute atomic E-state index is 0.273. The third-order valence-corrected chi connectivity index (χ3v) is 3.45. The Bertz CT molecular complexity index is 748. The highest BCUT2D eigenvalue weighted by atomic mass is 16.5. The summed E-state index contributed by atoms with van der Waals surface area (Å²) in [7, 11) is 6.24. The highest BCUT2D eigenvalue weighted by Crippen LogP contribution is 2.28. The van der Waals surface area contributed by atoms with Crippen LogP contribution in [0, 0.1) is 0 Å². The molecule has 0 bridgehead atoms. The minimum atomic E-state index is -0.273. The second-order valence-electron chi connectivity index (χ2n) is 5.04. The van der Waals surface area contributed by atoms with E-state index in [9.17, 15) is 4.79 Å². The molecule has 0 saturated carbocycles. The Hall–Kier alpha value is -3.15. The smallest absolute Gasteiger partial charge is 0.248 e. The summed E-state index contributed by atoms with van der Waals surface area (Å²) in [6.45, 7) is 0. The van der Waals surface area contributed by atoms with Gasteiger partial charge in [0.05, 0.1) is 28.4 Å². The summed E-state index contributed by atoms with van der Waals surface area (Å²) >= 11 is 0. The van der Waals surface area contributed by atoms with Crippen molar-refractivity contribution in [1.82, 2.24) is 0 Å². The van der Waals surface area contributed by atoms with E-state index in [1.165, 1.54) is 6.08 Å². The molecule has 0 radical (unpaired) electrons. The number of methoxy groups -OCH3 is 4. The van der Waals surface area contributed by atoms with Gasteiger partial charge in [-0.2, -0.15) is 0 Å². The molecule has 2 rings (SSSR count). The van der Waals surface area contributed by atoms with E-state index >= 15 is 0 Å². The maximum absolute atomic E-state index is 12.1. The summed E-state index contributed by atoms with van der Waals surface area (Å²) in [6.07, 6.45) is 3.13. The zero-order valence-electron chi connectivity index (χ0n) is 14.7. The summed E-state index contributed by atoms with van der Waals surface area (Å²) in [5.74, 6) is 2.15. The summed E-state index contributed by atoms with van der Waals surface area (Å²) in [4.78, 5) is 12.1. The van der Waals surface area contributed by atoms with E-state index in [1.807, 2.05) is 6.07 Å². The number of carbonyl (C=O) groups excluding carboxylic acids is 1. The van der Waals surface area contributed by atoms with Crippen LogP contribution in [0.15, 0.2) is 42.5 Å². The molecule has 132 valence electrons. The molecule has 6 nitrogen and oxygen atoms in total. The van der Waals surface area contributed by atoms with Crippen LogP contribution >= 0.6 is 0 Å². The number of amides is 1. The van der Waals surface area contributed by atoms with Gasteiger partial charge in [0.1, 0.15) is 11.5 Å². The lowest BCUT2D eigenvalue weighted by molar-refractivity contribution is -0.111. The molecule has 0 aliphatic carbocycles. The van der Waals surface area contributed by atoms with Crippen LogP contribution in [0.1, 0.15) is 5.56 Å². The number of hydrogen-bond donors (Lipinski definition) is 1. The van der Waals surface area contributed by atoms with Gasteiger partial charge in [-0.05, 0) is 23.8 Å². The first-order valence-corrected chi connectivity index (χ1v) is 7.53. The number of nitrogens with one attached hydrogen (secondary N) is 1. The lowest BCUT2D eigenvalue weighted by Gasteiger charge is -2.09. The Kier molecular flexibility index (Phi) is 6.28. The molecule has 0 saturated heterocycles. The molecule has 25 heavy (non-hydrogen) atoms. The average molecular weight is 343 g/mol.